The average Bonchev–Trinajstić information content (AvgIpc) is 2.51. The van der Waals surface area contributed by atoms with Crippen molar-refractivity contribution in [3.05, 3.63) is 59.1 Å². The molecule has 0 radical (unpaired) electrons. The first-order valence-electron chi connectivity index (χ1n) is 6.32. The first-order valence-corrected chi connectivity index (χ1v) is 6.70. The summed E-state index contributed by atoms with van der Waals surface area (Å²) in [4.78, 5) is 4.61. The van der Waals surface area contributed by atoms with Gasteiger partial charge < -0.3 is 5.43 Å². The van der Waals surface area contributed by atoms with Crippen LogP contribution in [0.5, 0.6) is 0 Å². The van der Waals surface area contributed by atoms with Gasteiger partial charge in [-0.1, -0.05) is 48.0 Å². The van der Waals surface area contributed by atoms with Gasteiger partial charge in [-0.05, 0) is 30.2 Å². The van der Waals surface area contributed by atoms with Gasteiger partial charge in [0, 0.05) is 16.0 Å². The third-order valence-corrected chi connectivity index (χ3v) is 3.81. The molecule has 0 aliphatic rings. The van der Waals surface area contributed by atoms with Gasteiger partial charge in [0.15, 0.2) is 0 Å². The summed E-state index contributed by atoms with van der Waals surface area (Å²) in [5.74, 6) is 6.27. The fourth-order valence-electron chi connectivity index (χ4n) is 2.31. The van der Waals surface area contributed by atoms with Crippen LogP contribution in [-0.2, 0) is 0 Å². The molecule has 0 amide bonds. The number of anilines is 1. The highest BCUT2D eigenvalue weighted by molar-refractivity contribution is 6.32. The molecule has 0 saturated heterocycles. The molecule has 0 aliphatic carbocycles. The number of aromatic nitrogens is 1. The van der Waals surface area contributed by atoms with Crippen LogP contribution >= 0.6 is 24.0 Å². The first-order chi connectivity index (χ1) is 9.70. The topological polar surface area (TPSA) is 50.9 Å². The molecule has 3 aromatic rings. The summed E-state index contributed by atoms with van der Waals surface area (Å²) in [6.07, 6.45) is 0. The van der Waals surface area contributed by atoms with Gasteiger partial charge in [-0.25, -0.2) is 10.8 Å². The number of hydrogen-bond acceptors (Lipinski definition) is 3. The number of hydrazine groups is 1. The number of nitrogens with zero attached hydrogens (tertiary/aromatic N) is 1. The molecule has 3 nitrogen and oxygen atoms in total. The minimum atomic E-state index is 0. The van der Waals surface area contributed by atoms with Crippen molar-refractivity contribution >= 4 is 40.7 Å². The normalized spacial score (nSPS) is 10.2. The van der Waals surface area contributed by atoms with Gasteiger partial charge in [0.25, 0.3) is 0 Å². The lowest BCUT2D eigenvalue weighted by Crippen LogP contribution is -2.10. The fourth-order valence-corrected chi connectivity index (χ4v) is 2.46. The van der Waals surface area contributed by atoms with Crippen LogP contribution in [0.2, 0.25) is 5.02 Å². The predicted octanol–water partition coefficient (Wildman–Crippen LogP) is 4.57. The maximum atomic E-state index is 6.15. The highest BCUT2D eigenvalue weighted by Gasteiger charge is 2.10. The Bertz CT molecular complexity index is 773. The summed E-state index contributed by atoms with van der Waals surface area (Å²) in [6, 6.07) is 16.0. The van der Waals surface area contributed by atoms with Crippen molar-refractivity contribution < 1.29 is 0 Å². The second-order valence-corrected chi connectivity index (χ2v) is 5.05. The molecule has 21 heavy (non-hydrogen) atoms. The van der Waals surface area contributed by atoms with E-state index in [2.05, 4.69) is 16.5 Å². The van der Waals surface area contributed by atoms with Gasteiger partial charge in [-0.15, -0.1) is 12.4 Å². The zero-order valence-corrected chi connectivity index (χ0v) is 13.0. The van der Waals surface area contributed by atoms with Crippen LogP contribution < -0.4 is 11.3 Å². The van der Waals surface area contributed by atoms with Crippen LogP contribution in [0.25, 0.3) is 22.0 Å². The Balaban J connectivity index is 0.00000161. The molecular weight excluding hydrogens is 305 g/mol. The maximum absolute atomic E-state index is 6.15. The molecule has 5 heteroatoms. The van der Waals surface area contributed by atoms with Gasteiger partial charge in [0.05, 0.1) is 5.52 Å². The van der Waals surface area contributed by atoms with Crippen molar-refractivity contribution in [3.8, 4) is 11.1 Å². The molecule has 0 saturated carbocycles. The van der Waals surface area contributed by atoms with E-state index >= 15 is 0 Å². The van der Waals surface area contributed by atoms with Crippen molar-refractivity contribution in [1.82, 2.24) is 4.98 Å². The lowest BCUT2D eigenvalue weighted by Gasteiger charge is -2.12. The van der Waals surface area contributed by atoms with Crippen molar-refractivity contribution in [2.45, 2.75) is 6.92 Å². The van der Waals surface area contributed by atoms with Crippen molar-refractivity contribution in [2.24, 2.45) is 5.84 Å². The lowest BCUT2D eigenvalue weighted by atomic mass is 10.0. The zero-order valence-electron chi connectivity index (χ0n) is 11.4. The van der Waals surface area contributed by atoms with Gasteiger partial charge >= 0.3 is 0 Å². The van der Waals surface area contributed by atoms with E-state index in [1.165, 1.54) is 0 Å². The van der Waals surface area contributed by atoms with E-state index in [9.17, 15) is 0 Å². The highest BCUT2D eigenvalue weighted by Crippen LogP contribution is 2.32. The van der Waals surface area contributed by atoms with Crippen LogP contribution in [0, 0.1) is 6.92 Å². The third kappa shape index (κ3) is 2.81. The smallest absolute Gasteiger partial charge is 0.148 e. The Labute approximate surface area is 134 Å². The van der Waals surface area contributed by atoms with Crippen molar-refractivity contribution in [2.75, 3.05) is 5.43 Å². The zero-order chi connectivity index (χ0) is 14.1. The molecule has 2 aromatic carbocycles. The summed E-state index contributed by atoms with van der Waals surface area (Å²) in [6.45, 7) is 1.96. The molecule has 3 N–H and O–H groups in total. The van der Waals surface area contributed by atoms with E-state index in [0.29, 0.717) is 10.8 Å². The largest absolute Gasteiger partial charge is 0.308 e. The molecule has 0 aliphatic heterocycles. The summed E-state index contributed by atoms with van der Waals surface area (Å²) >= 11 is 6.15. The monoisotopic (exact) mass is 319 g/mol. The van der Waals surface area contributed by atoms with Crippen LogP contribution in [0.1, 0.15) is 5.56 Å². The second-order valence-electron chi connectivity index (χ2n) is 4.64. The third-order valence-electron chi connectivity index (χ3n) is 3.40. The number of nitrogen functional groups attached to an aromatic ring is 1. The molecular formula is C16H15Cl2N3. The Morgan fingerprint density at radius 3 is 2.48 bits per heavy atom. The number of aryl methyl sites for hydroxylation is 1. The molecule has 0 atom stereocenters. The van der Waals surface area contributed by atoms with Crippen LogP contribution in [0.15, 0.2) is 48.5 Å². The number of pyridine rings is 1. The van der Waals surface area contributed by atoms with E-state index in [1.54, 1.807) is 0 Å². The standard InChI is InChI=1S/C16H14ClN3.ClH/c1-10-14(17)8-7-12-9-13(11-5-3-2-4-6-11)16(20-18)19-15(10)12;/h2-9H,18H2,1H3,(H,19,20);1H. The number of hydrogen-bond donors (Lipinski definition) is 2. The van der Waals surface area contributed by atoms with E-state index in [4.69, 9.17) is 17.4 Å². The van der Waals surface area contributed by atoms with Gasteiger partial charge in [-0.3, -0.25) is 0 Å². The molecule has 1 heterocycles. The molecule has 3 rings (SSSR count). The average molecular weight is 320 g/mol. The minimum absolute atomic E-state index is 0. The molecule has 0 fully saturated rings. The van der Waals surface area contributed by atoms with Crippen LogP contribution in [0.4, 0.5) is 5.82 Å². The summed E-state index contributed by atoms with van der Waals surface area (Å²) in [7, 11) is 0. The van der Waals surface area contributed by atoms with E-state index in [1.807, 2.05) is 49.4 Å². The summed E-state index contributed by atoms with van der Waals surface area (Å²) < 4.78 is 0. The van der Waals surface area contributed by atoms with E-state index in [-0.39, 0.29) is 12.4 Å². The second kappa shape index (κ2) is 6.31. The minimum Gasteiger partial charge on any atom is -0.308 e. The van der Waals surface area contributed by atoms with Gasteiger partial charge in [-0.2, -0.15) is 0 Å². The Hall–Kier alpha value is -1.81. The summed E-state index contributed by atoms with van der Waals surface area (Å²) in [5.41, 5.74) is 6.55. The Morgan fingerprint density at radius 2 is 1.81 bits per heavy atom. The quantitative estimate of drug-likeness (QED) is 0.537. The molecule has 1 aromatic heterocycles. The van der Waals surface area contributed by atoms with E-state index < -0.39 is 0 Å². The number of benzene rings is 2. The maximum Gasteiger partial charge on any atom is 0.148 e. The molecule has 108 valence electrons. The predicted molar refractivity (Wildman–Crippen MR) is 92.0 cm³/mol. The van der Waals surface area contributed by atoms with Crippen LogP contribution in [-0.4, -0.2) is 4.98 Å². The molecule has 0 spiro atoms. The highest BCUT2D eigenvalue weighted by atomic mass is 35.5. The molecule has 0 bridgehead atoms. The Kier molecular flexibility index (Phi) is 4.68. The van der Waals surface area contributed by atoms with Crippen molar-refractivity contribution in [1.29, 1.82) is 0 Å². The van der Waals surface area contributed by atoms with E-state index in [0.717, 1.165) is 27.6 Å². The number of halogens is 2. The lowest BCUT2D eigenvalue weighted by molar-refractivity contribution is 1.25. The molecule has 0 unspecified atom stereocenters. The van der Waals surface area contributed by atoms with Gasteiger partial charge in [0.2, 0.25) is 0 Å². The van der Waals surface area contributed by atoms with Crippen molar-refractivity contribution in [3.63, 3.8) is 0 Å². The summed E-state index contributed by atoms with van der Waals surface area (Å²) in [5, 5.41) is 1.75. The number of nitrogens with one attached hydrogen (secondary N) is 1. The number of fused-ring (bicyclic) bond motifs is 1. The van der Waals surface area contributed by atoms with Gasteiger partial charge in [0.1, 0.15) is 5.82 Å². The Morgan fingerprint density at radius 1 is 1.10 bits per heavy atom. The number of rotatable bonds is 2. The van der Waals surface area contributed by atoms with Crippen LogP contribution in [0.3, 0.4) is 0 Å². The first kappa shape index (κ1) is 15.6. The number of nitrogens with two attached hydrogens (primary N) is 1. The SMILES string of the molecule is Cc1c(Cl)ccc2cc(-c3ccccc3)c(NN)nc12.Cl. The fraction of sp³-hybridized carbons (Fsp3) is 0.0625.